The van der Waals surface area contributed by atoms with Gasteiger partial charge >= 0.3 is 5.97 Å². The lowest BCUT2D eigenvalue weighted by Crippen LogP contribution is -2.15. The summed E-state index contributed by atoms with van der Waals surface area (Å²) in [6.45, 7) is 3.70. The maximum atomic E-state index is 12.4. The second-order valence-corrected chi connectivity index (χ2v) is 6.60. The third-order valence-corrected chi connectivity index (χ3v) is 5.33. The molecule has 1 aliphatic rings. The summed E-state index contributed by atoms with van der Waals surface area (Å²) >= 11 is 0. The molecule has 0 spiro atoms. The Hall–Kier alpha value is -1.66. The first-order chi connectivity index (χ1) is 9.37. The van der Waals surface area contributed by atoms with Crippen molar-refractivity contribution in [1.29, 1.82) is 0 Å². The summed E-state index contributed by atoms with van der Waals surface area (Å²) in [5.74, 6) is -0.489. The van der Waals surface area contributed by atoms with Crippen LogP contribution in [0.1, 0.15) is 12.5 Å². The number of esters is 1. The Morgan fingerprint density at radius 3 is 2.45 bits per heavy atom. The van der Waals surface area contributed by atoms with Gasteiger partial charge in [0.05, 0.1) is 18.0 Å². The molecule has 1 heterocycles. The summed E-state index contributed by atoms with van der Waals surface area (Å²) in [4.78, 5) is 11.3. The quantitative estimate of drug-likeness (QED) is 0.479. The highest BCUT2D eigenvalue weighted by atomic mass is 32.2. The number of methoxy groups -OCH3 is 1. The topological polar surface area (TPSA) is 63.5 Å². The first-order valence-corrected chi connectivity index (χ1v) is 7.68. The summed E-state index contributed by atoms with van der Waals surface area (Å²) in [5.41, 5.74) is 1.00. The van der Waals surface area contributed by atoms with Crippen LogP contribution in [0, 0.1) is 6.92 Å². The summed E-state index contributed by atoms with van der Waals surface area (Å²) in [5, 5.41) is 0. The van der Waals surface area contributed by atoms with E-state index in [9.17, 15) is 13.2 Å². The fourth-order valence-electron chi connectivity index (χ4n) is 2.05. The van der Waals surface area contributed by atoms with Crippen molar-refractivity contribution in [3.8, 4) is 0 Å². The van der Waals surface area contributed by atoms with Gasteiger partial charge < -0.3 is 4.74 Å². The van der Waals surface area contributed by atoms with Gasteiger partial charge in [-0.1, -0.05) is 23.8 Å². The van der Waals surface area contributed by atoms with Crippen LogP contribution in [0.4, 0.5) is 0 Å². The van der Waals surface area contributed by atoms with Gasteiger partial charge in [-0.2, -0.15) is 4.31 Å². The molecule has 1 aromatic rings. The second kappa shape index (κ2) is 5.38. The molecule has 1 aromatic carbocycles. The molecule has 2 rings (SSSR count). The molecule has 108 valence electrons. The molecule has 1 saturated heterocycles. The average Bonchev–Trinajstić information content (AvgIpc) is 3.07. The molecule has 3 atom stereocenters. The molecule has 1 aliphatic heterocycles. The van der Waals surface area contributed by atoms with E-state index < -0.39 is 16.0 Å². The van der Waals surface area contributed by atoms with Crippen molar-refractivity contribution >= 4 is 16.0 Å². The highest BCUT2D eigenvalue weighted by Gasteiger charge is 2.51. The monoisotopic (exact) mass is 295 g/mol. The molecule has 5 nitrogen and oxygen atoms in total. The minimum atomic E-state index is -3.51. The fraction of sp³-hybridized carbons (Fsp3) is 0.357. The van der Waals surface area contributed by atoms with E-state index in [-0.39, 0.29) is 17.0 Å². The van der Waals surface area contributed by atoms with Crippen LogP contribution in [-0.4, -0.2) is 37.9 Å². The average molecular weight is 295 g/mol. The lowest BCUT2D eigenvalue weighted by molar-refractivity contribution is -0.134. The Balaban J connectivity index is 2.18. The molecule has 1 fully saturated rings. The van der Waals surface area contributed by atoms with Crippen LogP contribution in [0.2, 0.25) is 0 Å². The van der Waals surface area contributed by atoms with E-state index in [0.717, 1.165) is 5.56 Å². The molecular formula is C14H17NO4S. The summed E-state index contributed by atoms with van der Waals surface area (Å²) in [6.07, 6.45) is 2.81. The van der Waals surface area contributed by atoms with Gasteiger partial charge in [-0.05, 0) is 26.0 Å². The molecule has 0 aromatic heterocycles. The number of carbonyl (C=O) groups is 1. The lowest BCUT2D eigenvalue weighted by atomic mass is 10.2. The Kier molecular flexibility index (Phi) is 3.96. The molecular weight excluding hydrogens is 278 g/mol. The van der Waals surface area contributed by atoms with E-state index in [4.69, 9.17) is 0 Å². The lowest BCUT2D eigenvalue weighted by Gasteiger charge is -2.05. The Labute approximate surface area is 118 Å². The third-order valence-electron chi connectivity index (χ3n) is 3.33. The molecule has 0 aliphatic carbocycles. The van der Waals surface area contributed by atoms with Crippen LogP contribution in [-0.2, 0) is 19.6 Å². The van der Waals surface area contributed by atoms with Gasteiger partial charge in [-0.15, -0.1) is 0 Å². The Morgan fingerprint density at radius 1 is 1.30 bits per heavy atom. The molecule has 0 N–H and O–H groups in total. The van der Waals surface area contributed by atoms with Crippen molar-refractivity contribution in [3.05, 3.63) is 42.0 Å². The van der Waals surface area contributed by atoms with Crippen LogP contribution < -0.4 is 0 Å². The van der Waals surface area contributed by atoms with Crippen molar-refractivity contribution in [2.75, 3.05) is 7.11 Å². The maximum absolute atomic E-state index is 12.4. The number of ether oxygens (including phenoxy) is 1. The van der Waals surface area contributed by atoms with Crippen LogP contribution in [0.15, 0.2) is 41.3 Å². The smallest absolute Gasteiger partial charge is 0.330 e. The van der Waals surface area contributed by atoms with Crippen molar-refractivity contribution in [2.24, 2.45) is 0 Å². The van der Waals surface area contributed by atoms with E-state index in [0.29, 0.717) is 0 Å². The predicted molar refractivity (Wildman–Crippen MR) is 74.6 cm³/mol. The van der Waals surface area contributed by atoms with Crippen LogP contribution in [0.25, 0.3) is 0 Å². The Morgan fingerprint density at radius 2 is 1.90 bits per heavy atom. The zero-order valence-electron chi connectivity index (χ0n) is 11.6. The van der Waals surface area contributed by atoms with Gasteiger partial charge in [0.1, 0.15) is 0 Å². The number of hydrogen-bond acceptors (Lipinski definition) is 4. The van der Waals surface area contributed by atoms with Gasteiger partial charge in [0.15, 0.2) is 0 Å². The first-order valence-electron chi connectivity index (χ1n) is 6.24. The van der Waals surface area contributed by atoms with Gasteiger partial charge in [0, 0.05) is 12.1 Å². The summed E-state index contributed by atoms with van der Waals surface area (Å²) in [6, 6.07) is 6.27. The minimum absolute atomic E-state index is 0.151. The van der Waals surface area contributed by atoms with E-state index in [1.54, 1.807) is 37.3 Å². The van der Waals surface area contributed by atoms with Crippen molar-refractivity contribution in [1.82, 2.24) is 4.31 Å². The largest absolute Gasteiger partial charge is 0.466 e. The first kappa shape index (κ1) is 14.7. The van der Waals surface area contributed by atoms with Crippen molar-refractivity contribution < 1.29 is 17.9 Å². The standard InChI is InChI=1S/C14H17NO4S/c1-10-4-6-12(7-5-10)20(17,18)15-11(2)13(15)8-9-14(16)19-3/h4-9,11,13H,1-3H3/b9-8+. The van der Waals surface area contributed by atoms with Crippen molar-refractivity contribution in [3.63, 3.8) is 0 Å². The number of carbonyl (C=O) groups excluding carboxylic acids is 1. The molecule has 20 heavy (non-hydrogen) atoms. The van der Waals surface area contributed by atoms with Crippen LogP contribution >= 0.6 is 0 Å². The second-order valence-electron chi connectivity index (χ2n) is 4.76. The zero-order chi connectivity index (χ0) is 14.9. The number of nitrogens with zero attached hydrogens (tertiary/aromatic N) is 1. The van der Waals surface area contributed by atoms with Gasteiger partial charge in [0.2, 0.25) is 10.0 Å². The highest BCUT2D eigenvalue weighted by molar-refractivity contribution is 7.89. The van der Waals surface area contributed by atoms with Gasteiger partial charge in [0.25, 0.3) is 0 Å². The normalized spacial score (nSPS) is 25.6. The van der Waals surface area contributed by atoms with Crippen molar-refractivity contribution in [2.45, 2.75) is 30.8 Å². The molecule has 0 radical (unpaired) electrons. The molecule has 6 heteroatoms. The fourth-order valence-corrected chi connectivity index (χ4v) is 3.85. The van der Waals surface area contributed by atoms with Gasteiger partial charge in [-0.25, -0.2) is 13.2 Å². The minimum Gasteiger partial charge on any atom is -0.466 e. The third kappa shape index (κ3) is 2.76. The van der Waals surface area contributed by atoms with Gasteiger partial charge in [-0.3, -0.25) is 0 Å². The summed E-state index contributed by atoms with van der Waals surface area (Å²) < 4.78 is 30.7. The molecule has 0 saturated carbocycles. The number of rotatable bonds is 4. The highest BCUT2D eigenvalue weighted by Crippen LogP contribution is 2.36. The number of sulfonamides is 1. The van der Waals surface area contributed by atoms with Crippen LogP contribution in [0.5, 0.6) is 0 Å². The number of hydrogen-bond donors (Lipinski definition) is 0. The van der Waals surface area contributed by atoms with E-state index in [1.165, 1.54) is 17.5 Å². The maximum Gasteiger partial charge on any atom is 0.330 e. The van der Waals surface area contributed by atoms with Crippen LogP contribution in [0.3, 0.4) is 0 Å². The number of aryl methyl sites for hydroxylation is 1. The molecule has 0 bridgehead atoms. The number of benzene rings is 1. The molecule has 0 amide bonds. The Bertz CT molecular complexity index is 634. The van der Waals surface area contributed by atoms with E-state index in [2.05, 4.69) is 4.74 Å². The SMILES string of the molecule is COC(=O)/C=C/C1C(C)N1S(=O)(=O)c1ccc(C)cc1. The predicted octanol–water partition coefficient (Wildman–Crippen LogP) is 1.49. The zero-order valence-corrected chi connectivity index (χ0v) is 12.4. The van der Waals surface area contributed by atoms with E-state index in [1.807, 2.05) is 6.92 Å². The molecule has 3 unspecified atom stereocenters. The van der Waals surface area contributed by atoms with E-state index >= 15 is 0 Å². The summed E-state index contributed by atoms with van der Waals surface area (Å²) in [7, 11) is -2.22.